The molecule has 1 aliphatic heterocycles. The number of rotatable bonds is 2. The van der Waals surface area contributed by atoms with E-state index in [-0.39, 0.29) is 28.6 Å². The summed E-state index contributed by atoms with van der Waals surface area (Å²) in [6.07, 6.45) is 10.9. The van der Waals surface area contributed by atoms with Crippen LogP contribution in [0.25, 0.3) is 0 Å². The molecule has 0 aromatic carbocycles. The summed E-state index contributed by atoms with van der Waals surface area (Å²) < 4.78 is 0. The molecule has 3 fully saturated rings. The molecule has 0 bridgehead atoms. The standard InChI is InChI=1S/C22H34N2O2/c1-5-23-20(26)17-8-7-15-14-6-9-18-22(3,13-11-19(25)24(18)4)16(14)10-12-21(15,17)2/h11,13-18H,5-10,12H2,1-4H3,(H,23,26)/t14-,15-,16+,17?,18?,21-,22+/m0/s1. The van der Waals surface area contributed by atoms with Crippen LogP contribution in [0.15, 0.2) is 12.2 Å². The summed E-state index contributed by atoms with van der Waals surface area (Å²) in [7, 11) is 1.97. The largest absolute Gasteiger partial charge is 0.356 e. The molecule has 7 atom stereocenters. The third-order valence-corrected chi connectivity index (χ3v) is 8.80. The van der Waals surface area contributed by atoms with Crippen molar-refractivity contribution in [3.8, 4) is 0 Å². The zero-order valence-corrected chi connectivity index (χ0v) is 16.8. The van der Waals surface area contributed by atoms with Gasteiger partial charge in [0, 0.05) is 31.0 Å². The first kappa shape index (κ1) is 18.1. The highest BCUT2D eigenvalue weighted by molar-refractivity contribution is 5.89. The molecule has 0 spiro atoms. The van der Waals surface area contributed by atoms with Gasteiger partial charge < -0.3 is 10.2 Å². The molecule has 4 rings (SSSR count). The molecule has 2 unspecified atom stereocenters. The Bertz CT molecular complexity index is 644. The number of fused-ring (bicyclic) bond motifs is 5. The highest BCUT2D eigenvalue weighted by Crippen LogP contribution is 2.65. The van der Waals surface area contributed by atoms with Gasteiger partial charge in [-0.1, -0.05) is 19.9 Å². The Morgan fingerprint density at radius 3 is 2.69 bits per heavy atom. The number of nitrogens with zero attached hydrogens (tertiary/aromatic N) is 1. The third kappa shape index (κ3) is 2.33. The monoisotopic (exact) mass is 358 g/mol. The molecule has 0 aromatic heterocycles. The van der Waals surface area contributed by atoms with E-state index in [0.717, 1.165) is 25.8 Å². The van der Waals surface area contributed by atoms with Crippen molar-refractivity contribution in [1.82, 2.24) is 10.2 Å². The van der Waals surface area contributed by atoms with Crippen LogP contribution in [0.3, 0.4) is 0 Å². The van der Waals surface area contributed by atoms with Gasteiger partial charge in [-0.15, -0.1) is 0 Å². The van der Waals surface area contributed by atoms with Crippen molar-refractivity contribution in [2.45, 2.75) is 65.3 Å². The molecule has 144 valence electrons. The predicted molar refractivity (Wildman–Crippen MR) is 102 cm³/mol. The van der Waals surface area contributed by atoms with E-state index in [9.17, 15) is 9.59 Å². The van der Waals surface area contributed by atoms with Gasteiger partial charge in [0.1, 0.15) is 0 Å². The Balaban J connectivity index is 1.62. The van der Waals surface area contributed by atoms with Gasteiger partial charge in [-0.25, -0.2) is 0 Å². The smallest absolute Gasteiger partial charge is 0.246 e. The third-order valence-electron chi connectivity index (χ3n) is 8.80. The fourth-order valence-electron chi connectivity index (χ4n) is 7.47. The second kappa shape index (κ2) is 6.10. The lowest BCUT2D eigenvalue weighted by molar-refractivity contribution is -0.142. The lowest BCUT2D eigenvalue weighted by atomic mass is 9.47. The second-order valence-corrected chi connectivity index (χ2v) is 9.69. The molecule has 1 N–H and O–H groups in total. The predicted octanol–water partition coefficient (Wildman–Crippen LogP) is 3.38. The van der Waals surface area contributed by atoms with Crippen LogP contribution in [-0.2, 0) is 9.59 Å². The molecule has 3 aliphatic carbocycles. The van der Waals surface area contributed by atoms with Gasteiger partial charge in [0.2, 0.25) is 11.8 Å². The molecule has 4 aliphatic rings. The number of hydrogen-bond donors (Lipinski definition) is 1. The Morgan fingerprint density at radius 2 is 1.96 bits per heavy atom. The number of amides is 2. The molecular formula is C22H34N2O2. The zero-order chi connectivity index (χ0) is 18.7. The lowest BCUT2D eigenvalue weighted by Gasteiger charge is -2.60. The molecule has 0 radical (unpaired) electrons. The summed E-state index contributed by atoms with van der Waals surface area (Å²) in [4.78, 5) is 26.8. The van der Waals surface area contributed by atoms with Crippen LogP contribution in [-0.4, -0.2) is 36.3 Å². The maximum atomic E-state index is 12.7. The normalized spacial score (nSPS) is 47.2. The number of hydrogen-bond acceptors (Lipinski definition) is 2. The maximum absolute atomic E-state index is 12.7. The van der Waals surface area contributed by atoms with Gasteiger partial charge in [0.25, 0.3) is 0 Å². The van der Waals surface area contributed by atoms with E-state index in [2.05, 4.69) is 25.2 Å². The molecule has 1 heterocycles. The van der Waals surface area contributed by atoms with Crippen molar-refractivity contribution < 1.29 is 9.59 Å². The van der Waals surface area contributed by atoms with E-state index in [1.54, 1.807) is 6.08 Å². The first-order chi connectivity index (χ1) is 12.3. The molecular weight excluding hydrogens is 324 g/mol. The molecule has 3 saturated carbocycles. The first-order valence-electron chi connectivity index (χ1n) is 10.6. The summed E-state index contributed by atoms with van der Waals surface area (Å²) in [5.74, 6) is 2.61. The van der Waals surface area contributed by atoms with E-state index < -0.39 is 0 Å². The van der Waals surface area contributed by atoms with Crippen LogP contribution in [0.1, 0.15) is 59.3 Å². The van der Waals surface area contributed by atoms with Crippen molar-refractivity contribution in [2.75, 3.05) is 13.6 Å². The summed E-state index contributed by atoms with van der Waals surface area (Å²) in [5.41, 5.74) is 0.250. The fraction of sp³-hybridized carbons (Fsp3) is 0.818. The fourth-order valence-corrected chi connectivity index (χ4v) is 7.47. The minimum absolute atomic E-state index is 0.0939. The number of nitrogens with one attached hydrogen (secondary N) is 1. The van der Waals surface area contributed by atoms with Crippen molar-refractivity contribution in [3.63, 3.8) is 0 Å². The van der Waals surface area contributed by atoms with Crippen molar-refractivity contribution in [3.05, 3.63) is 12.2 Å². The minimum Gasteiger partial charge on any atom is -0.356 e. The van der Waals surface area contributed by atoms with Gasteiger partial charge in [0.15, 0.2) is 0 Å². The Kier molecular flexibility index (Phi) is 4.24. The topological polar surface area (TPSA) is 49.4 Å². The summed E-state index contributed by atoms with van der Waals surface area (Å²) in [5, 5.41) is 3.09. The van der Waals surface area contributed by atoms with Crippen LogP contribution in [0.4, 0.5) is 0 Å². The maximum Gasteiger partial charge on any atom is 0.246 e. The average Bonchev–Trinajstić information content (AvgIpc) is 2.96. The van der Waals surface area contributed by atoms with Gasteiger partial charge >= 0.3 is 0 Å². The SMILES string of the molecule is CCNC(=O)C1CC[C@H]2[C@@H]3CCC4N(C)C(=O)C=C[C@]4(C)[C@@H]3CC[C@]12C. The minimum atomic E-state index is 0.0939. The van der Waals surface area contributed by atoms with Crippen LogP contribution in [0.5, 0.6) is 0 Å². The number of carbonyl (C=O) groups excluding carboxylic acids is 2. The van der Waals surface area contributed by atoms with Crippen molar-refractivity contribution in [1.29, 1.82) is 0 Å². The van der Waals surface area contributed by atoms with E-state index in [0.29, 0.717) is 23.8 Å². The van der Waals surface area contributed by atoms with Gasteiger partial charge in [-0.3, -0.25) is 9.59 Å². The van der Waals surface area contributed by atoms with E-state index in [1.165, 1.54) is 19.3 Å². The van der Waals surface area contributed by atoms with E-state index in [1.807, 2.05) is 18.9 Å². The van der Waals surface area contributed by atoms with Crippen LogP contribution >= 0.6 is 0 Å². The van der Waals surface area contributed by atoms with Crippen LogP contribution in [0.2, 0.25) is 0 Å². The number of carbonyl (C=O) groups is 2. The Morgan fingerprint density at radius 1 is 1.19 bits per heavy atom. The summed E-state index contributed by atoms with van der Waals surface area (Å²) >= 11 is 0. The highest BCUT2D eigenvalue weighted by atomic mass is 16.2. The molecule has 26 heavy (non-hydrogen) atoms. The average molecular weight is 359 g/mol. The molecule has 4 nitrogen and oxygen atoms in total. The van der Waals surface area contributed by atoms with Crippen LogP contribution < -0.4 is 5.32 Å². The Hall–Kier alpha value is -1.32. The zero-order valence-electron chi connectivity index (χ0n) is 16.8. The van der Waals surface area contributed by atoms with Gasteiger partial charge in [-0.05, 0) is 74.7 Å². The molecule has 0 saturated heterocycles. The lowest BCUT2D eigenvalue weighted by Crippen LogP contribution is -2.59. The van der Waals surface area contributed by atoms with E-state index in [4.69, 9.17) is 0 Å². The molecule has 0 aromatic rings. The second-order valence-electron chi connectivity index (χ2n) is 9.69. The number of likely N-dealkylation sites (N-methyl/N-ethyl adjacent to an activating group) is 1. The van der Waals surface area contributed by atoms with Crippen molar-refractivity contribution in [2.24, 2.45) is 34.5 Å². The van der Waals surface area contributed by atoms with Gasteiger partial charge in [-0.2, -0.15) is 0 Å². The summed E-state index contributed by atoms with van der Waals surface area (Å²) in [6.45, 7) is 7.51. The quantitative estimate of drug-likeness (QED) is 0.823. The van der Waals surface area contributed by atoms with E-state index >= 15 is 0 Å². The van der Waals surface area contributed by atoms with Crippen molar-refractivity contribution >= 4 is 11.8 Å². The summed E-state index contributed by atoms with van der Waals surface area (Å²) in [6, 6.07) is 0.339. The first-order valence-corrected chi connectivity index (χ1v) is 10.6. The molecule has 2 amide bonds. The van der Waals surface area contributed by atoms with Gasteiger partial charge in [0.05, 0.1) is 0 Å². The van der Waals surface area contributed by atoms with Crippen LogP contribution in [0, 0.1) is 34.5 Å². The Labute approximate surface area is 157 Å². The highest BCUT2D eigenvalue weighted by Gasteiger charge is 2.61. The molecule has 4 heteroatoms.